The maximum absolute atomic E-state index is 13.2. The number of ketones is 1. The number of benzene rings is 2. The molecule has 2 heterocycles. The Labute approximate surface area is 181 Å². The van der Waals surface area contributed by atoms with Crippen LogP contribution in [-0.2, 0) is 7.05 Å². The molecule has 0 aliphatic carbocycles. The van der Waals surface area contributed by atoms with Crippen molar-refractivity contribution in [1.29, 1.82) is 0 Å². The number of pyridine rings is 1. The maximum Gasteiger partial charge on any atom is 0.269 e. The second kappa shape index (κ2) is 8.38. The summed E-state index contributed by atoms with van der Waals surface area (Å²) in [7, 11) is 1.54. The van der Waals surface area contributed by atoms with Crippen molar-refractivity contribution in [3.05, 3.63) is 98.7 Å². The average Bonchev–Trinajstić information content (AvgIpc) is 3.32. The molecule has 0 saturated heterocycles. The number of para-hydroxylation sites is 1. The molecule has 1 atom stereocenters. The van der Waals surface area contributed by atoms with Crippen LogP contribution >= 0.6 is 0 Å². The number of carbonyl (C=O) groups is 1. The number of fused-ring (bicyclic) bond motifs is 1. The van der Waals surface area contributed by atoms with Crippen LogP contribution < -0.4 is 10.9 Å². The molecule has 0 spiro atoms. The van der Waals surface area contributed by atoms with E-state index in [4.69, 9.17) is 4.42 Å². The summed E-state index contributed by atoms with van der Waals surface area (Å²) >= 11 is 0. The van der Waals surface area contributed by atoms with Crippen LogP contribution in [0, 0.1) is 10.1 Å². The number of nitrogens with zero attached hydrogens (tertiary/aromatic N) is 2. The van der Waals surface area contributed by atoms with Gasteiger partial charge in [0.05, 0.1) is 22.7 Å². The van der Waals surface area contributed by atoms with Gasteiger partial charge in [0, 0.05) is 36.7 Å². The molecule has 2 aromatic carbocycles. The summed E-state index contributed by atoms with van der Waals surface area (Å²) in [4.78, 5) is 36.4. The molecule has 9 nitrogen and oxygen atoms in total. The molecule has 4 aromatic rings. The topological polar surface area (TPSA) is 128 Å². The minimum absolute atomic E-state index is 0.0641. The number of nitrogens with one attached hydrogen (secondary N) is 1. The lowest BCUT2D eigenvalue weighted by Crippen LogP contribution is -2.26. The van der Waals surface area contributed by atoms with E-state index in [0.717, 1.165) is 0 Å². The van der Waals surface area contributed by atoms with Crippen LogP contribution in [0.2, 0.25) is 0 Å². The second-order valence-electron chi connectivity index (χ2n) is 7.25. The summed E-state index contributed by atoms with van der Waals surface area (Å²) in [6.07, 6.45) is 1.27. The van der Waals surface area contributed by atoms with Crippen LogP contribution in [0.15, 0.2) is 76.1 Å². The average molecular weight is 433 g/mol. The Morgan fingerprint density at radius 1 is 1.16 bits per heavy atom. The van der Waals surface area contributed by atoms with Crippen molar-refractivity contribution in [2.45, 2.75) is 12.5 Å². The molecule has 0 aliphatic heterocycles. The number of nitro benzene ring substituents is 1. The number of nitro groups is 1. The molecule has 0 amide bonds. The molecule has 162 valence electrons. The van der Waals surface area contributed by atoms with Crippen molar-refractivity contribution in [2.75, 3.05) is 5.32 Å². The van der Waals surface area contributed by atoms with E-state index in [1.165, 1.54) is 35.1 Å². The number of rotatable bonds is 7. The highest BCUT2D eigenvalue weighted by atomic mass is 16.6. The highest BCUT2D eigenvalue weighted by Crippen LogP contribution is 2.30. The fraction of sp³-hybridized carbons (Fsp3) is 0.130. The normalized spacial score (nSPS) is 11.9. The van der Waals surface area contributed by atoms with Gasteiger partial charge < -0.3 is 19.4 Å². The largest absolute Gasteiger partial charge is 0.506 e. The fourth-order valence-corrected chi connectivity index (χ4v) is 3.61. The van der Waals surface area contributed by atoms with E-state index in [0.29, 0.717) is 22.4 Å². The third-order valence-corrected chi connectivity index (χ3v) is 5.25. The molecule has 0 unspecified atom stereocenters. The second-order valence-corrected chi connectivity index (χ2v) is 7.25. The first-order valence-corrected chi connectivity index (χ1v) is 9.75. The van der Waals surface area contributed by atoms with E-state index < -0.39 is 22.3 Å². The molecule has 4 rings (SSSR count). The van der Waals surface area contributed by atoms with E-state index in [9.17, 15) is 24.8 Å². The first-order valence-electron chi connectivity index (χ1n) is 9.75. The van der Waals surface area contributed by atoms with Crippen molar-refractivity contribution in [2.24, 2.45) is 7.05 Å². The Morgan fingerprint density at radius 2 is 1.88 bits per heavy atom. The summed E-state index contributed by atoms with van der Waals surface area (Å²) in [5, 5.41) is 25.1. The number of anilines is 1. The zero-order chi connectivity index (χ0) is 22.8. The molecule has 0 bridgehead atoms. The quantitative estimate of drug-likeness (QED) is 0.254. The number of carbonyl (C=O) groups excluding carboxylic acids is 1. The molecule has 2 N–H and O–H groups in total. The molecular formula is C23H19N3O6. The van der Waals surface area contributed by atoms with Crippen LogP contribution in [-0.4, -0.2) is 20.4 Å². The minimum Gasteiger partial charge on any atom is -0.506 e. The minimum atomic E-state index is -0.672. The van der Waals surface area contributed by atoms with E-state index >= 15 is 0 Å². The van der Waals surface area contributed by atoms with Gasteiger partial charge in [0.2, 0.25) is 0 Å². The smallest absolute Gasteiger partial charge is 0.269 e. The SMILES string of the molecule is Cn1c(=O)c(C(=O)C[C@@H](Nc2ccc([N+](=O)[O-])cc2)c2ccco2)c(O)c2ccccc21. The highest BCUT2D eigenvalue weighted by Gasteiger charge is 2.26. The fourth-order valence-electron chi connectivity index (χ4n) is 3.61. The van der Waals surface area contributed by atoms with Gasteiger partial charge in [0.15, 0.2) is 5.78 Å². The molecule has 0 radical (unpaired) electrons. The van der Waals surface area contributed by atoms with Crippen LogP contribution in [0.4, 0.5) is 11.4 Å². The lowest BCUT2D eigenvalue weighted by Gasteiger charge is -2.18. The van der Waals surface area contributed by atoms with E-state index in [1.807, 2.05) is 0 Å². The number of aromatic hydroxyl groups is 1. The Kier molecular flexibility index (Phi) is 5.46. The predicted molar refractivity (Wildman–Crippen MR) is 118 cm³/mol. The van der Waals surface area contributed by atoms with Gasteiger partial charge in [-0.2, -0.15) is 0 Å². The van der Waals surface area contributed by atoms with Crippen molar-refractivity contribution < 1.29 is 19.2 Å². The monoisotopic (exact) mass is 433 g/mol. The van der Waals surface area contributed by atoms with Gasteiger partial charge in [0.1, 0.15) is 17.1 Å². The van der Waals surface area contributed by atoms with Gasteiger partial charge >= 0.3 is 0 Å². The summed E-state index contributed by atoms with van der Waals surface area (Å²) in [6, 6.07) is 15.2. The zero-order valence-corrected chi connectivity index (χ0v) is 17.0. The molecule has 2 aromatic heterocycles. The third kappa shape index (κ3) is 3.83. The Balaban J connectivity index is 1.68. The first-order chi connectivity index (χ1) is 15.4. The Bertz CT molecular complexity index is 1360. The summed E-state index contributed by atoms with van der Waals surface area (Å²) in [5.41, 5.74) is 0.0809. The van der Waals surface area contributed by atoms with Crippen LogP contribution in [0.1, 0.15) is 28.6 Å². The van der Waals surface area contributed by atoms with E-state index in [-0.39, 0.29) is 23.4 Å². The molecular weight excluding hydrogens is 414 g/mol. The number of Topliss-reactive ketones (excluding diaryl/α,β-unsaturated/α-hetero) is 1. The van der Waals surface area contributed by atoms with Gasteiger partial charge in [0.25, 0.3) is 11.2 Å². The van der Waals surface area contributed by atoms with E-state index in [2.05, 4.69) is 5.32 Å². The van der Waals surface area contributed by atoms with Crippen molar-refractivity contribution >= 4 is 28.1 Å². The molecule has 0 fully saturated rings. The number of hydrogen-bond acceptors (Lipinski definition) is 7. The zero-order valence-electron chi connectivity index (χ0n) is 17.0. The number of furan rings is 1. The van der Waals surface area contributed by atoms with Gasteiger partial charge in [-0.05, 0) is 36.4 Å². The van der Waals surface area contributed by atoms with E-state index in [1.54, 1.807) is 43.4 Å². The van der Waals surface area contributed by atoms with Gasteiger partial charge in [-0.1, -0.05) is 12.1 Å². The maximum atomic E-state index is 13.2. The van der Waals surface area contributed by atoms with Crippen molar-refractivity contribution in [1.82, 2.24) is 4.57 Å². The van der Waals surface area contributed by atoms with Crippen molar-refractivity contribution in [3.8, 4) is 5.75 Å². The molecule has 32 heavy (non-hydrogen) atoms. The lowest BCUT2D eigenvalue weighted by atomic mass is 10.00. The van der Waals surface area contributed by atoms with Gasteiger partial charge in [-0.15, -0.1) is 0 Å². The summed E-state index contributed by atoms with van der Waals surface area (Å²) < 4.78 is 6.78. The van der Waals surface area contributed by atoms with Crippen LogP contribution in [0.25, 0.3) is 10.9 Å². The summed E-state index contributed by atoms with van der Waals surface area (Å²) in [5.74, 6) is -0.485. The van der Waals surface area contributed by atoms with Crippen LogP contribution in [0.3, 0.4) is 0 Å². The first kappa shape index (κ1) is 20.9. The molecule has 9 heteroatoms. The number of aromatic nitrogens is 1. The summed E-state index contributed by atoms with van der Waals surface area (Å²) in [6.45, 7) is 0. The molecule has 0 saturated carbocycles. The van der Waals surface area contributed by atoms with Crippen LogP contribution in [0.5, 0.6) is 5.75 Å². The van der Waals surface area contributed by atoms with Crippen molar-refractivity contribution in [3.63, 3.8) is 0 Å². The Hall–Kier alpha value is -4.40. The number of non-ortho nitro benzene ring substituents is 1. The Morgan fingerprint density at radius 3 is 2.53 bits per heavy atom. The van der Waals surface area contributed by atoms with Gasteiger partial charge in [-0.25, -0.2) is 0 Å². The standard InChI is InChI=1S/C23H19N3O6/c1-25-18-6-3-2-5-16(18)22(28)21(23(25)29)19(27)13-17(20-7-4-12-32-20)24-14-8-10-15(11-9-14)26(30)31/h2-12,17,24,28H,13H2,1H3/t17-/m1/s1. The third-order valence-electron chi connectivity index (χ3n) is 5.25. The van der Waals surface area contributed by atoms with Gasteiger partial charge in [-0.3, -0.25) is 19.7 Å². The lowest BCUT2D eigenvalue weighted by molar-refractivity contribution is -0.384. The number of hydrogen-bond donors (Lipinski definition) is 2. The number of aryl methyl sites for hydroxylation is 1. The highest BCUT2D eigenvalue weighted by molar-refractivity contribution is 6.03. The predicted octanol–water partition coefficient (Wildman–Crippen LogP) is 4.17. The molecule has 0 aliphatic rings.